The summed E-state index contributed by atoms with van der Waals surface area (Å²) in [5.41, 5.74) is 4.20. The molecule has 0 aliphatic rings. The Kier molecular flexibility index (Phi) is 4.80. The first-order valence-electron chi connectivity index (χ1n) is 8.50. The van der Waals surface area contributed by atoms with Crippen LogP contribution in [-0.4, -0.2) is 25.8 Å². The number of anilines is 1. The molecule has 1 amide bonds. The number of halogens is 1. The summed E-state index contributed by atoms with van der Waals surface area (Å²) in [4.78, 5) is 12.8. The number of carbonyl (C=O) groups is 1. The van der Waals surface area contributed by atoms with E-state index in [0.717, 1.165) is 22.2 Å². The monoisotopic (exact) mass is 400 g/mol. The van der Waals surface area contributed by atoms with Gasteiger partial charge in [0.2, 0.25) is 5.91 Å². The van der Waals surface area contributed by atoms with Crippen LogP contribution < -0.4 is 5.32 Å². The van der Waals surface area contributed by atoms with Crippen molar-refractivity contribution in [3.05, 3.63) is 53.5 Å². The highest BCUT2D eigenvalue weighted by molar-refractivity contribution is 8.00. The molecule has 1 aromatic carbocycles. The third kappa shape index (κ3) is 3.40. The van der Waals surface area contributed by atoms with E-state index in [0.29, 0.717) is 22.2 Å². The van der Waals surface area contributed by atoms with Crippen molar-refractivity contribution in [1.82, 2.24) is 14.6 Å². The van der Waals surface area contributed by atoms with Gasteiger partial charge >= 0.3 is 0 Å². The average Bonchev–Trinajstić information content (AvgIpc) is 3.24. The summed E-state index contributed by atoms with van der Waals surface area (Å²) >= 11 is 7.54. The van der Waals surface area contributed by atoms with E-state index in [4.69, 9.17) is 16.0 Å². The smallest absolute Gasteiger partial charge is 0.237 e. The van der Waals surface area contributed by atoms with E-state index in [9.17, 15) is 4.79 Å². The van der Waals surface area contributed by atoms with Crippen LogP contribution in [0, 0.1) is 6.92 Å². The molecule has 3 heterocycles. The molecule has 27 heavy (non-hydrogen) atoms. The van der Waals surface area contributed by atoms with Gasteiger partial charge in [-0.25, -0.2) is 0 Å². The molecular weight excluding hydrogens is 384 g/mol. The summed E-state index contributed by atoms with van der Waals surface area (Å²) in [6, 6.07) is 9.28. The molecule has 0 saturated carbocycles. The SMILES string of the molecule is CC[C@H](Sc1nncn2c1cc1occc12)C(=O)Nc1ccc(C)c(Cl)c1. The van der Waals surface area contributed by atoms with Crippen LogP contribution in [0.2, 0.25) is 5.02 Å². The molecule has 0 radical (unpaired) electrons. The van der Waals surface area contributed by atoms with Gasteiger partial charge < -0.3 is 9.73 Å². The first kappa shape index (κ1) is 17.9. The maximum Gasteiger partial charge on any atom is 0.237 e. The third-order valence-corrected chi connectivity index (χ3v) is 6.10. The molecule has 3 aromatic heterocycles. The van der Waals surface area contributed by atoms with Crippen molar-refractivity contribution >= 4 is 51.6 Å². The lowest BCUT2D eigenvalue weighted by Crippen LogP contribution is -2.24. The second-order valence-electron chi connectivity index (χ2n) is 6.17. The van der Waals surface area contributed by atoms with Crippen LogP contribution in [0.25, 0.3) is 16.6 Å². The van der Waals surface area contributed by atoms with E-state index in [1.165, 1.54) is 11.8 Å². The molecule has 0 spiro atoms. The largest absolute Gasteiger partial charge is 0.463 e. The van der Waals surface area contributed by atoms with Crippen molar-refractivity contribution in [3.8, 4) is 0 Å². The van der Waals surface area contributed by atoms with Crippen LogP contribution in [0.1, 0.15) is 18.9 Å². The lowest BCUT2D eigenvalue weighted by atomic mass is 10.2. The van der Waals surface area contributed by atoms with Gasteiger partial charge in [-0.2, -0.15) is 0 Å². The van der Waals surface area contributed by atoms with Crippen molar-refractivity contribution in [2.45, 2.75) is 30.5 Å². The van der Waals surface area contributed by atoms with Crippen LogP contribution in [0.3, 0.4) is 0 Å². The second-order valence-corrected chi connectivity index (χ2v) is 7.77. The van der Waals surface area contributed by atoms with E-state index in [1.807, 2.05) is 42.5 Å². The maximum absolute atomic E-state index is 12.8. The molecular formula is C19H17ClN4O2S. The van der Waals surface area contributed by atoms with Gasteiger partial charge in [-0.15, -0.1) is 10.2 Å². The summed E-state index contributed by atoms with van der Waals surface area (Å²) in [5.74, 6) is -0.0959. The lowest BCUT2D eigenvalue weighted by Gasteiger charge is -2.15. The van der Waals surface area contributed by atoms with Gasteiger partial charge in [-0.3, -0.25) is 9.20 Å². The number of thioether (sulfide) groups is 1. The van der Waals surface area contributed by atoms with E-state index < -0.39 is 0 Å². The van der Waals surface area contributed by atoms with Gasteiger partial charge in [0.25, 0.3) is 0 Å². The summed E-state index contributed by atoms with van der Waals surface area (Å²) in [5, 5.41) is 12.2. The molecule has 0 bridgehead atoms. The number of nitrogens with one attached hydrogen (secondary N) is 1. The number of carbonyl (C=O) groups excluding carboxylic acids is 1. The van der Waals surface area contributed by atoms with E-state index >= 15 is 0 Å². The number of aryl methyl sites for hydroxylation is 1. The lowest BCUT2D eigenvalue weighted by molar-refractivity contribution is -0.115. The Morgan fingerprint density at radius 2 is 2.19 bits per heavy atom. The van der Waals surface area contributed by atoms with E-state index in [1.54, 1.807) is 18.7 Å². The van der Waals surface area contributed by atoms with Gasteiger partial charge in [0.1, 0.15) is 11.4 Å². The van der Waals surface area contributed by atoms with Gasteiger partial charge in [0, 0.05) is 22.8 Å². The summed E-state index contributed by atoms with van der Waals surface area (Å²) < 4.78 is 7.37. The van der Waals surface area contributed by atoms with Crippen molar-refractivity contribution in [2.24, 2.45) is 0 Å². The van der Waals surface area contributed by atoms with Crippen LogP contribution in [0.4, 0.5) is 5.69 Å². The Morgan fingerprint density at radius 3 is 2.96 bits per heavy atom. The zero-order valence-corrected chi connectivity index (χ0v) is 16.3. The Balaban J connectivity index is 1.58. The topological polar surface area (TPSA) is 72.4 Å². The van der Waals surface area contributed by atoms with Gasteiger partial charge in [0.05, 0.1) is 22.5 Å². The minimum atomic E-state index is -0.313. The van der Waals surface area contributed by atoms with E-state index in [-0.39, 0.29) is 11.2 Å². The van der Waals surface area contributed by atoms with Gasteiger partial charge in [-0.05, 0) is 31.0 Å². The third-order valence-electron chi connectivity index (χ3n) is 4.35. The highest BCUT2D eigenvalue weighted by Crippen LogP contribution is 2.31. The number of aromatic nitrogens is 3. The number of amides is 1. The molecule has 4 rings (SSSR count). The van der Waals surface area contributed by atoms with Crippen LogP contribution >= 0.6 is 23.4 Å². The van der Waals surface area contributed by atoms with Gasteiger partial charge in [0.15, 0.2) is 5.58 Å². The molecule has 138 valence electrons. The highest BCUT2D eigenvalue weighted by atomic mass is 35.5. The normalized spacial score (nSPS) is 12.6. The minimum absolute atomic E-state index is 0.0959. The fourth-order valence-corrected chi connectivity index (χ4v) is 4.00. The maximum atomic E-state index is 12.8. The number of nitrogens with zero attached hydrogens (tertiary/aromatic N) is 3. The van der Waals surface area contributed by atoms with Crippen molar-refractivity contribution in [3.63, 3.8) is 0 Å². The fourth-order valence-electron chi connectivity index (χ4n) is 2.85. The standard InChI is InChI=1S/C19H17ClN4O2S/c1-3-17(18(25)22-12-5-4-11(2)13(20)8-12)27-19-15-9-16-14(6-7-26-16)24(15)10-21-23-19/h4-10,17H,3H2,1-2H3,(H,22,25)/t17-/m0/s1. The number of rotatable bonds is 5. The molecule has 1 atom stereocenters. The molecule has 1 N–H and O–H groups in total. The minimum Gasteiger partial charge on any atom is -0.463 e. The predicted octanol–water partition coefficient (Wildman–Crippen LogP) is 4.95. The molecule has 0 saturated heterocycles. The fraction of sp³-hybridized carbons (Fsp3) is 0.211. The zero-order valence-electron chi connectivity index (χ0n) is 14.8. The van der Waals surface area contributed by atoms with Crippen molar-refractivity contribution in [1.29, 1.82) is 0 Å². The second kappa shape index (κ2) is 7.25. The number of hydrogen-bond donors (Lipinski definition) is 1. The summed E-state index contributed by atoms with van der Waals surface area (Å²) in [7, 11) is 0. The Hall–Kier alpha value is -2.51. The van der Waals surface area contributed by atoms with Crippen molar-refractivity contribution in [2.75, 3.05) is 5.32 Å². The van der Waals surface area contributed by atoms with Crippen LogP contribution in [0.5, 0.6) is 0 Å². The molecule has 8 heteroatoms. The Labute approximate surface area is 164 Å². The average molecular weight is 401 g/mol. The molecule has 0 aliphatic heterocycles. The molecule has 4 aromatic rings. The van der Waals surface area contributed by atoms with Crippen LogP contribution in [-0.2, 0) is 4.79 Å². The molecule has 0 unspecified atom stereocenters. The highest BCUT2D eigenvalue weighted by Gasteiger charge is 2.21. The first-order valence-corrected chi connectivity index (χ1v) is 9.76. The zero-order chi connectivity index (χ0) is 19.0. The van der Waals surface area contributed by atoms with Gasteiger partial charge in [-0.1, -0.05) is 36.4 Å². The molecule has 0 fully saturated rings. The van der Waals surface area contributed by atoms with E-state index in [2.05, 4.69) is 15.5 Å². The Bertz CT molecular complexity index is 1140. The number of benzene rings is 1. The summed E-state index contributed by atoms with van der Waals surface area (Å²) in [6.07, 6.45) is 3.93. The predicted molar refractivity (Wildman–Crippen MR) is 108 cm³/mol. The van der Waals surface area contributed by atoms with Crippen molar-refractivity contribution < 1.29 is 9.21 Å². The van der Waals surface area contributed by atoms with Crippen LogP contribution in [0.15, 0.2) is 52.4 Å². The quantitative estimate of drug-likeness (QED) is 0.480. The summed E-state index contributed by atoms with van der Waals surface area (Å²) in [6.45, 7) is 3.89. The molecule has 0 aliphatic carbocycles. The number of furan rings is 1. The first-order chi connectivity index (χ1) is 13.1. The molecule has 6 nitrogen and oxygen atoms in total. The number of fused-ring (bicyclic) bond motifs is 3. The number of hydrogen-bond acceptors (Lipinski definition) is 5. The Morgan fingerprint density at radius 1 is 1.33 bits per heavy atom.